The van der Waals surface area contributed by atoms with E-state index in [9.17, 15) is 14.0 Å². The Hall–Kier alpha value is -3.06. The van der Waals surface area contributed by atoms with Gasteiger partial charge in [-0.05, 0) is 56.7 Å². The number of alkyl halides is 1. The molecule has 0 radical (unpaired) electrons. The molecule has 31 heavy (non-hydrogen) atoms. The van der Waals surface area contributed by atoms with E-state index < -0.39 is 17.4 Å². The Kier molecular flexibility index (Phi) is 7.17. The summed E-state index contributed by atoms with van der Waals surface area (Å²) in [5.74, 6) is -0.477. The molecule has 1 atom stereocenters. The van der Waals surface area contributed by atoms with Gasteiger partial charge in [0.1, 0.15) is 11.2 Å². The number of hydrogen-bond donors (Lipinski definition) is 1. The van der Waals surface area contributed by atoms with Gasteiger partial charge in [0.15, 0.2) is 5.75 Å². The average Bonchev–Trinajstić information content (AvgIpc) is 3.13. The predicted octanol–water partition coefficient (Wildman–Crippen LogP) is 5.24. The molecule has 0 aliphatic rings. The third-order valence-electron chi connectivity index (χ3n) is 4.99. The third kappa shape index (κ3) is 5.17. The number of fused-ring (bicyclic) bond motifs is 1. The highest BCUT2D eigenvalue weighted by atomic mass is 35.5. The first-order valence-electron chi connectivity index (χ1n) is 10.1. The van der Waals surface area contributed by atoms with Crippen molar-refractivity contribution in [1.29, 1.82) is 0 Å². The molecule has 2 aromatic carbocycles. The average molecular weight is 446 g/mol. The maximum absolute atomic E-state index is 13.6. The summed E-state index contributed by atoms with van der Waals surface area (Å²) in [5, 5.41) is 2.70. The minimum atomic E-state index is -0.768. The molecule has 0 bridgehead atoms. The van der Waals surface area contributed by atoms with Crippen LogP contribution in [0.1, 0.15) is 26.3 Å². The minimum Gasteiger partial charge on any atom is -0.408 e. The lowest BCUT2D eigenvalue weighted by molar-refractivity contribution is -0.115. The second kappa shape index (κ2) is 9.83. The van der Waals surface area contributed by atoms with E-state index in [0.29, 0.717) is 30.7 Å². The molecule has 0 spiro atoms. The SMILES string of the molecule is CCN(CC)C(=O)Oc1ccc2c(ccn2Cc2cccc(F)c2)c1NC(=O)[C@H](C)Cl. The summed E-state index contributed by atoms with van der Waals surface area (Å²) < 4.78 is 21.1. The number of hydrogen-bond acceptors (Lipinski definition) is 3. The summed E-state index contributed by atoms with van der Waals surface area (Å²) in [7, 11) is 0. The molecule has 1 N–H and O–H groups in total. The Morgan fingerprint density at radius 2 is 1.94 bits per heavy atom. The van der Waals surface area contributed by atoms with Crippen LogP contribution < -0.4 is 10.1 Å². The van der Waals surface area contributed by atoms with Crippen molar-refractivity contribution in [2.24, 2.45) is 0 Å². The van der Waals surface area contributed by atoms with Crippen molar-refractivity contribution < 1.29 is 18.7 Å². The molecule has 6 nitrogen and oxygen atoms in total. The fourth-order valence-electron chi connectivity index (χ4n) is 3.30. The first-order chi connectivity index (χ1) is 14.8. The highest BCUT2D eigenvalue weighted by molar-refractivity contribution is 6.32. The number of carbonyl (C=O) groups excluding carboxylic acids is 2. The van der Waals surface area contributed by atoms with Gasteiger partial charge in [-0.3, -0.25) is 4.79 Å². The number of benzene rings is 2. The number of anilines is 1. The van der Waals surface area contributed by atoms with Crippen molar-refractivity contribution in [2.45, 2.75) is 32.7 Å². The Morgan fingerprint density at radius 3 is 2.58 bits per heavy atom. The maximum Gasteiger partial charge on any atom is 0.415 e. The van der Waals surface area contributed by atoms with Crippen molar-refractivity contribution in [3.05, 3.63) is 60.0 Å². The molecule has 0 saturated heterocycles. The zero-order valence-electron chi connectivity index (χ0n) is 17.7. The standard InChI is InChI=1S/C23H25ClFN3O3/c1-4-27(5-2)23(30)31-20-10-9-19-18(21(20)26-22(29)15(3)24)11-12-28(19)14-16-7-6-8-17(25)13-16/h6-13,15H,4-5,14H2,1-3H3,(H,26,29)/t15-/m0/s1. The van der Waals surface area contributed by atoms with Crippen LogP contribution in [0.4, 0.5) is 14.9 Å². The zero-order chi connectivity index (χ0) is 22.5. The van der Waals surface area contributed by atoms with E-state index in [2.05, 4.69) is 5.32 Å². The first kappa shape index (κ1) is 22.6. The van der Waals surface area contributed by atoms with E-state index in [1.54, 1.807) is 25.1 Å². The summed E-state index contributed by atoms with van der Waals surface area (Å²) in [5.41, 5.74) is 1.97. The summed E-state index contributed by atoms with van der Waals surface area (Å²) in [6.07, 6.45) is 1.34. The topological polar surface area (TPSA) is 63.6 Å². The van der Waals surface area contributed by atoms with E-state index in [4.69, 9.17) is 16.3 Å². The van der Waals surface area contributed by atoms with Crippen molar-refractivity contribution >= 4 is 40.2 Å². The van der Waals surface area contributed by atoms with Crippen molar-refractivity contribution in [3.63, 3.8) is 0 Å². The molecule has 0 aliphatic carbocycles. The van der Waals surface area contributed by atoms with Crippen LogP contribution in [0.5, 0.6) is 5.75 Å². The smallest absolute Gasteiger partial charge is 0.408 e. The monoisotopic (exact) mass is 445 g/mol. The van der Waals surface area contributed by atoms with Gasteiger partial charge in [-0.25, -0.2) is 9.18 Å². The largest absolute Gasteiger partial charge is 0.415 e. The molecule has 0 fully saturated rings. The molecule has 1 aromatic heterocycles. The van der Waals surface area contributed by atoms with E-state index in [0.717, 1.165) is 11.1 Å². The Labute approximate surface area is 185 Å². The normalized spacial score (nSPS) is 11.9. The fourth-order valence-corrected chi connectivity index (χ4v) is 3.35. The molecule has 0 unspecified atom stereocenters. The van der Waals surface area contributed by atoms with E-state index in [-0.39, 0.29) is 11.6 Å². The minimum absolute atomic E-state index is 0.235. The Balaban J connectivity index is 2.02. The molecular formula is C23H25ClFN3O3. The number of halogens is 2. The second-order valence-corrected chi connectivity index (χ2v) is 7.75. The van der Waals surface area contributed by atoms with Gasteiger partial charge >= 0.3 is 6.09 Å². The molecule has 1 heterocycles. The van der Waals surface area contributed by atoms with E-state index in [1.807, 2.05) is 36.7 Å². The Morgan fingerprint density at radius 1 is 1.19 bits per heavy atom. The molecule has 8 heteroatoms. The van der Waals surface area contributed by atoms with Gasteiger partial charge in [-0.1, -0.05) is 12.1 Å². The number of carbonyl (C=O) groups is 2. The van der Waals surface area contributed by atoms with Gasteiger partial charge in [-0.15, -0.1) is 11.6 Å². The molecule has 164 valence electrons. The Bertz CT molecular complexity index is 1090. The quantitative estimate of drug-likeness (QED) is 0.506. The van der Waals surface area contributed by atoms with Crippen LogP contribution in [-0.2, 0) is 11.3 Å². The number of amides is 2. The van der Waals surface area contributed by atoms with E-state index in [1.165, 1.54) is 17.0 Å². The molecule has 0 aliphatic heterocycles. The van der Waals surface area contributed by atoms with Crippen LogP contribution in [-0.4, -0.2) is 39.9 Å². The van der Waals surface area contributed by atoms with Gasteiger partial charge in [0.05, 0.1) is 11.2 Å². The van der Waals surface area contributed by atoms with Crippen LogP contribution >= 0.6 is 11.6 Å². The van der Waals surface area contributed by atoms with Gasteiger partial charge in [0, 0.05) is 31.2 Å². The summed E-state index contributed by atoms with van der Waals surface area (Å²) in [4.78, 5) is 26.4. The first-order valence-corrected chi connectivity index (χ1v) is 10.6. The van der Waals surface area contributed by atoms with Crippen LogP contribution in [0, 0.1) is 5.82 Å². The zero-order valence-corrected chi connectivity index (χ0v) is 18.4. The van der Waals surface area contributed by atoms with Crippen LogP contribution in [0.2, 0.25) is 0 Å². The van der Waals surface area contributed by atoms with Crippen molar-refractivity contribution in [1.82, 2.24) is 9.47 Å². The van der Waals surface area contributed by atoms with Crippen molar-refractivity contribution in [3.8, 4) is 5.75 Å². The number of aromatic nitrogens is 1. The van der Waals surface area contributed by atoms with Gasteiger partial charge < -0.3 is 19.5 Å². The number of nitrogens with one attached hydrogen (secondary N) is 1. The molecule has 0 saturated carbocycles. The van der Waals surface area contributed by atoms with Gasteiger partial charge in [-0.2, -0.15) is 0 Å². The molecule has 3 rings (SSSR count). The third-order valence-corrected chi connectivity index (χ3v) is 5.18. The molecular weight excluding hydrogens is 421 g/mol. The summed E-state index contributed by atoms with van der Waals surface area (Å²) in [6, 6.07) is 11.6. The van der Waals surface area contributed by atoms with E-state index >= 15 is 0 Å². The van der Waals surface area contributed by atoms with Gasteiger partial charge in [0.2, 0.25) is 5.91 Å². The number of ether oxygens (including phenoxy) is 1. The highest BCUT2D eigenvalue weighted by Gasteiger charge is 2.20. The lowest BCUT2D eigenvalue weighted by Gasteiger charge is -2.20. The van der Waals surface area contributed by atoms with Crippen LogP contribution in [0.3, 0.4) is 0 Å². The van der Waals surface area contributed by atoms with Gasteiger partial charge in [0.25, 0.3) is 0 Å². The maximum atomic E-state index is 13.6. The summed E-state index contributed by atoms with van der Waals surface area (Å²) >= 11 is 5.94. The highest BCUT2D eigenvalue weighted by Crippen LogP contribution is 2.35. The summed E-state index contributed by atoms with van der Waals surface area (Å²) in [6.45, 7) is 6.73. The lowest BCUT2D eigenvalue weighted by atomic mass is 10.2. The van der Waals surface area contributed by atoms with Crippen molar-refractivity contribution in [2.75, 3.05) is 18.4 Å². The predicted molar refractivity (Wildman–Crippen MR) is 120 cm³/mol. The molecule has 2 amide bonds. The molecule has 3 aromatic rings. The number of nitrogens with zero attached hydrogens (tertiary/aromatic N) is 2. The fraction of sp³-hybridized carbons (Fsp3) is 0.304. The number of rotatable bonds is 7. The lowest BCUT2D eigenvalue weighted by Crippen LogP contribution is -2.33. The van der Waals surface area contributed by atoms with Crippen LogP contribution in [0.15, 0.2) is 48.7 Å². The second-order valence-electron chi connectivity index (χ2n) is 7.09. The van der Waals surface area contributed by atoms with Crippen LogP contribution in [0.25, 0.3) is 10.9 Å².